The first-order valence-electron chi connectivity index (χ1n) is 7.98. The van der Waals surface area contributed by atoms with Crippen LogP contribution in [-0.2, 0) is 19.5 Å². The molecule has 20 heavy (non-hydrogen) atoms. The van der Waals surface area contributed by atoms with Gasteiger partial charge in [0.05, 0.1) is 11.0 Å². The number of aryl methyl sites for hydroxylation is 2. The van der Waals surface area contributed by atoms with Gasteiger partial charge in [0.2, 0.25) is 0 Å². The molecule has 0 aliphatic rings. The van der Waals surface area contributed by atoms with Gasteiger partial charge in [-0.05, 0) is 30.5 Å². The van der Waals surface area contributed by atoms with Crippen LogP contribution >= 0.6 is 0 Å². The molecule has 2 rings (SSSR count). The molecule has 0 spiro atoms. The van der Waals surface area contributed by atoms with Crippen LogP contribution in [0.3, 0.4) is 0 Å². The molecule has 1 aromatic heterocycles. The summed E-state index contributed by atoms with van der Waals surface area (Å²) in [6.45, 7) is 6.12. The van der Waals surface area contributed by atoms with Gasteiger partial charge < -0.3 is 10.3 Å². The van der Waals surface area contributed by atoms with Crippen LogP contribution in [0, 0.1) is 0 Å². The van der Waals surface area contributed by atoms with E-state index in [1.54, 1.807) is 0 Å². The van der Waals surface area contributed by atoms with Crippen LogP contribution < -0.4 is 5.73 Å². The van der Waals surface area contributed by atoms with Gasteiger partial charge in [0, 0.05) is 19.5 Å². The Morgan fingerprint density at radius 3 is 2.65 bits per heavy atom. The summed E-state index contributed by atoms with van der Waals surface area (Å²) in [6, 6.07) is 6.43. The van der Waals surface area contributed by atoms with Crippen LogP contribution in [0.4, 0.5) is 0 Å². The first kappa shape index (κ1) is 15.0. The van der Waals surface area contributed by atoms with Crippen LogP contribution in [0.2, 0.25) is 0 Å². The predicted octanol–water partition coefficient (Wildman–Crippen LogP) is 4.03. The Labute approximate surface area is 122 Å². The van der Waals surface area contributed by atoms with Gasteiger partial charge in [-0.25, -0.2) is 4.98 Å². The second-order valence-corrected chi connectivity index (χ2v) is 5.52. The average Bonchev–Trinajstić information content (AvgIpc) is 2.81. The lowest BCUT2D eigenvalue weighted by Crippen LogP contribution is -2.03. The maximum atomic E-state index is 5.72. The lowest BCUT2D eigenvalue weighted by Gasteiger charge is -2.07. The zero-order chi connectivity index (χ0) is 14.4. The zero-order valence-corrected chi connectivity index (χ0v) is 12.9. The quantitative estimate of drug-likeness (QED) is 0.738. The molecule has 3 nitrogen and oxygen atoms in total. The summed E-state index contributed by atoms with van der Waals surface area (Å²) < 4.78 is 2.39. The number of imidazole rings is 1. The Bertz CT molecular complexity index is 542. The van der Waals surface area contributed by atoms with Crippen molar-refractivity contribution in [2.75, 3.05) is 0 Å². The number of aromatic nitrogens is 2. The molecule has 3 heteroatoms. The van der Waals surface area contributed by atoms with Crippen molar-refractivity contribution in [1.29, 1.82) is 0 Å². The van der Waals surface area contributed by atoms with Crippen molar-refractivity contribution >= 4 is 11.0 Å². The van der Waals surface area contributed by atoms with Crippen molar-refractivity contribution in [3.05, 3.63) is 29.6 Å². The van der Waals surface area contributed by atoms with Crippen molar-refractivity contribution in [3.8, 4) is 0 Å². The van der Waals surface area contributed by atoms with Crippen molar-refractivity contribution in [2.24, 2.45) is 5.73 Å². The summed E-state index contributed by atoms with van der Waals surface area (Å²) in [4.78, 5) is 4.84. The van der Waals surface area contributed by atoms with Gasteiger partial charge in [-0.2, -0.15) is 0 Å². The Morgan fingerprint density at radius 2 is 1.95 bits per heavy atom. The number of rotatable bonds is 8. The molecule has 1 heterocycles. The molecule has 2 aromatic rings. The summed E-state index contributed by atoms with van der Waals surface area (Å²) in [6.07, 6.45) is 7.39. The van der Waals surface area contributed by atoms with E-state index in [-0.39, 0.29) is 0 Å². The number of fused-ring (bicyclic) bond motifs is 1. The third-order valence-corrected chi connectivity index (χ3v) is 3.83. The van der Waals surface area contributed by atoms with Crippen molar-refractivity contribution in [2.45, 2.75) is 65.5 Å². The van der Waals surface area contributed by atoms with E-state index < -0.39 is 0 Å². The Hall–Kier alpha value is -1.35. The topological polar surface area (TPSA) is 43.8 Å². The maximum Gasteiger partial charge on any atom is 0.109 e. The summed E-state index contributed by atoms with van der Waals surface area (Å²) in [5, 5.41) is 0. The lowest BCUT2D eigenvalue weighted by atomic mass is 10.1. The molecular formula is C17H27N3. The monoisotopic (exact) mass is 273 g/mol. The number of nitrogens with zero attached hydrogens (tertiary/aromatic N) is 2. The van der Waals surface area contributed by atoms with Crippen LogP contribution in [0.5, 0.6) is 0 Å². The molecule has 0 atom stereocenters. The largest absolute Gasteiger partial charge is 0.328 e. The molecule has 0 aliphatic carbocycles. The molecule has 0 radical (unpaired) electrons. The highest BCUT2D eigenvalue weighted by Gasteiger charge is 2.10. The highest BCUT2D eigenvalue weighted by atomic mass is 15.1. The minimum Gasteiger partial charge on any atom is -0.328 e. The van der Waals surface area contributed by atoms with Gasteiger partial charge in [-0.1, -0.05) is 39.2 Å². The van der Waals surface area contributed by atoms with Crippen molar-refractivity contribution < 1.29 is 0 Å². The molecule has 0 bridgehead atoms. The number of hydrogen-bond donors (Lipinski definition) is 1. The van der Waals surface area contributed by atoms with E-state index in [0.717, 1.165) is 30.5 Å². The second-order valence-electron chi connectivity index (χ2n) is 5.52. The van der Waals surface area contributed by atoms with E-state index in [0.29, 0.717) is 6.54 Å². The fourth-order valence-electron chi connectivity index (χ4n) is 2.73. The maximum absolute atomic E-state index is 5.72. The predicted molar refractivity (Wildman–Crippen MR) is 85.8 cm³/mol. The van der Waals surface area contributed by atoms with Gasteiger partial charge in [0.1, 0.15) is 5.82 Å². The molecule has 0 fully saturated rings. The fourth-order valence-corrected chi connectivity index (χ4v) is 2.73. The van der Waals surface area contributed by atoms with Crippen molar-refractivity contribution in [3.63, 3.8) is 0 Å². The molecule has 0 unspecified atom stereocenters. The number of hydrogen-bond acceptors (Lipinski definition) is 2. The average molecular weight is 273 g/mol. The highest BCUT2D eigenvalue weighted by molar-refractivity contribution is 5.77. The number of nitrogens with two attached hydrogens (primary N) is 1. The van der Waals surface area contributed by atoms with E-state index in [9.17, 15) is 0 Å². The van der Waals surface area contributed by atoms with Crippen LogP contribution in [0.15, 0.2) is 18.2 Å². The molecular weight excluding hydrogens is 246 g/mol. The zero-order valence-electron chi connectivity index (χ0n) is 12.9. The minimum atomic E-state index is 0.586. The molecule has 0 saturated heterocycles. The third kappa shape index (κ3) is 3.40. The molecule has 0 aliphatic heterocycles. The standard InChI is InChI=1S/C17H27N3/c1-3-5-6-7-8-17-19-15-12-14(13-18)9-10-16(15)20(17)11-4-2/h9-10,12H,3-8,11,13,18H2,1-2H3. The van der Waals surface area contributed by atoms with Gasteiger partial charge >= 0.3 is 0 Å². The first-order chi connectivity index (χ1) is 9.80. The summed E-state index contributed by atoms with van der Waals surface area (Å²) in [5.41, 5.74) is 9.25. The number of benzene rings is 1. The van der Waals surface area contributed by atoms with Gasteiger partial charge in [-0.15, -0.1) is 0 Å². The Morgan fingerprint density at radius 1 is 1.10 bits per heavy atom. The third-order valence-electron chi connectivity index (χ3n) is 3.83. The smallest absolute Gasteiger partial charge is 0.109 e. The van der Waals surface area contributed by atoms with Gasteiger partial charge in [0.15, 0.2) is 0 Å². The van der Waals surface area contributed by atoms with Crippen LogP contribution in [0.1, 0.15) is 57.3 Å². The molecule has 0 saturated carbocycles. The highest BCUT2D eigenvalue weighted by Crippen LogP contribution is 2.20. The van der Waals surface area contributed by atoms with E-state index >= 15 is 0 Å². The SMILES string of the molecule is CCCCCCc1nc2cc(CN)ccc2n1CCC. The number of unbranched alkanes of at least 4 members (excludes halogenated alkanes) is 3. The molecule has 0 amide bonds. The first-order valence-corrected chi connectivity index (χ1v) is 7.98. The summed E-state index contributed by atoms with van der Waals surface area (Å²) >= 11 is 0. The fraction of sp³-hybridized carbons (Fsp3) is 0.588. The van der Waals surface area contributed by atoms with Crippen LogP contribution in [0.25, 0.3) is 11.0 Å². The van der Waals surface area contributed by atoms with E-state index in [2.05, 4.69) is 36.6 Å². The van der Waals surface area contributed by atoms with E-state index in [1.807, 2.05) is 0 Å². The van der Waals surface area contributed by atoms with Crippen molar-refractivity contribution in [1.82, 2.24) is 9.55 Å². The van der Waals surface area contributed by atoms with Crippen LogP contribution in [-0.4, -0.2) is 9.55 Å². The molecule has 110 valence electrons. The molecule has 1 aromatic carbocycles. The molecule has 2 N–H and O–H groups in total. The lowest BCUT2D eigenvalue weighted by molar-refractivity contribution is 0.607. The van der Waals surface area contributed by atoms with E-state index in [4.69, 9.17) is 10.7 Å². The van der Waals surface area contributed by atoms with E-state index in [1.165, 1.54) is 37.0 Å². The van der Waals surface area contributed by atoms with Gasteiger partial charge in [-0.3, -0.25) is 0 Å². The Balaban J connectivity index is 2.24. The second kappa shape index (κ2) is 7.44. The van der Waals surface area contributed by atoms with Gasteiger partial charge in [0.25, 0.3) is 0 Å². The summed E-state index contributed by atoms with van der Waals surface area (Å²) in [7, 11) is 0. The summed E-state index contributed by atoms with van der Waals surface area (Å²) in [5.74, 6) is 1.24. The Kier molecular flexibility index (Phi) is 5.60. The minimum absolute atomic E-state index is 0.586. The normalized spacial score (nSPS) is 11.3.